The van der Waals surface area contributed by atoms with E-state index >= 15 is 0 Å². The van der Waals surface area contributed by atoms with E-state index in [4.69, 9.17) is 4.74 Å². The molecule has 1 aliphatic carbocycles. The van der Waals surface area contributed by atoms with E-state index in [9.17, 15) is 4.79 Å². The number of rotatable bonds is 1. The maximum absolute atomic E-state index is 12.2. The Kier molecular flexibility index (Phi) is 3.61. The molecule has 0 radical (unpaired) electrons. The van der Waals surface area contributed by atoms with Gasteiger partial charge in [-0.25, -0.2) is 4.79 Å². The minimum absolute atomic E-state index is 0.141. The zero-order valence-corrected chi connectivity index (χ0v) is 11.2. The van der Waals surface area contributed by atoms with Gasteiger partial charge in [-0.1, -0.05) is 0 Å². The Hall–Kier alpha value is -0.770. The highest BCUT2D eigenvalue weighted by atomic mass is 16.6. The van der Waals surface area contributed by atoms with Crippen LogP contribution >= 0.6 is 0 Å². The summed E-state index contributed by atoms with van der Waals surface area (Å²) in [6, 6.07) is 0.340. The van der Waals surface area contributed by atoms with Crippen LogP contribution in [0.4, 0.5) is 4.79 Å². The van der Waals surface area contributed by atoms with Crippen LogP contribution in [0.25, 0.3) is 0 Å². The molecule has 0 aromatic heterocycles. The zero-order chi connectivity index (χ0) is 12.5. The SMILES string of the molecule is CC(C)(C)OC(=O)N1CCCNCC1C1CC1. The number of amides is 1. The third-order valence-corrected chi connectivity index (χ3v) is 3.30. The molecule has 0 bridgehead atoms. The van der Waals surface area contributed by atoms with Gasteiger partial charge in [0.05, 0.1) is 6.04 Å². The van der Waals surface area contributed by atoms with E-state index < -0.39 is 5.60 Å². The van der Waals surface area contributed by atoms with Crippen LogP contribution in [0.15, 0.2) is 0 Å². The van der Waals surface area contributed by atoms with E-state index in [0.29, 0.717) is 12.0 Å². The van der Waals surface area contributed by atoms with E-state index in [1.807, 2.05) is 25.7 Å². The van der Waals surface area contributed by atoms with Gasteiger partial charge in [-0.3, -0.25) is 0 Å². The smallest absolute Gasteiger partial charge is 0.410 e. The molecule has 0 spiro atoms. The molecule has 1 N–H and O–H groups in total. The number of nitrogens with zero attached hydrogens (tertiary/aromatic N) is 1. The number of carbonyl (C=O) groups excluding carboxylic acids is 1. The number of hydrogen-bond acceptors (Lipinski definition) is 3. The molecule has 4 heteroatoms. The van der Waals surface area contributed by atoms with Crippen LogP contribution in [0, 0.1) is 5.92 Å². The Balaban J connectivity index is 2.01. The highest BCUT2D eigenvalue weighted by molar-refractivity contribution is 5.68. The van der Waals surface area contributed by atoms with Crippen LogP contribution in [0.1, 0.15) is 40.0 Å². The van der Waals surface area contributed by atoms with Gasteiger partial charge in [-0.15, -0.1) is 0 Å². The van der Waals surface area contributed by atoms with Crippen molar-refractivity contribution in [2.75, 3.05) is 19.6 Å². The first-order chi connectivity index (χ1) is 7.97. The van der Waals surface area contributed by atoms with Gasteiger partial charge in [0.2, 0.25) is 0 Å². The van der Waals surface area contributed by atoms with Crippen molar-refractivity contribution in [3.63, 3.8) is 0 Å². The number of carbonyl (C=O) groups is 1. The van der Waals surface area contributed by atoms with Crippen molar-refractivity contribution in [2.24, 2.45) is 5.92 Å². The van der Waals surface area contributed by atoms with Crippen molar-refractivity contribution >= 4 is 6.09 Å². The van der Waals surface area contributed by atoms with Crippen molar-refractivity contribution in [3.8, 4) is 0 Å². The third-order valence-electron chi connectivity index (χ3n) is 3.30. The first kappa shape index (κ1) is 12.7. The fourth-order valence-corrected chi connectivity index (χ4v) is 2.35. The molecule has 1 unspecified atom stereocenters. The van der Waals surface area contributed by atoms with Gasteiger partial charge in [0.1, 0.15) is 5.60 Å². The Morgan fingerprint density at radius 3 is 2.65 bits per heavy atom. The first-order valence-electron chi connectivity index (χ1n) is 6.68. The molecule has 1 heterocycles. The lowest BCUT2D eigenvalue weighted by Crippen LogP contribution is -2.47. The van der Waals surface area contributed by atoms with Crippen molar-refractivity contribution in [2.45, 2.75) is 51.7 Å². The average molecular weight is 240 g/mol. The summed E-state index contributed by atoms with van der Waals surface area (Å²) in [5.41, 5.74) is -0.398. The lowest BCUT2D eigenvalue weighted by molar-refractivity contribution is 0.0156. The van der Waals surface area contributed by atoms with Crippen molar-refractivity contribution in [1.82, 2.24) is 10.2 Å². The summed E-state index contributed by atoms with van der Waals surface area (Å²) in [5.74, 6) is 0.688. The summed E-state index contributed by atoms with van der Waals surface area (Å²) in [4.78, 5) is 14.1. The van der Waals surface area contributed by atoms with E-state index in [-0.39, 0.29) is 6.09 Å². The fourth-order valence-electron chi connectivity index (χ4n) is 2.35. The maximum atomic E-state index is 12.2. The van der Waals surface area contributed by atoms with E-state index in [1.165, 1.54) is 12.8 Å². The van der Waals surface area contributed by atoms with Gasteiger partial charge in [0.15, 0.2) is 0 Å². The average Bonchev–Trinajstić information content (AvgIpc) is 3.01. The topological polar surface area (TPSA) is 41.6 Å². The number of nitrogens with one attached hydrogen (secondary N) is 1. The fraction of sp³-hybridized carbons (Fsp3) is 0.923. The molecule has 1 amide bonds. The monoisotopic (exact) mass is 240 g/mol. The minimum atomic E-state index is -0.398. The third kappa shape index (κ3) is 3.60. The molecule has 2 rings (SSSR count). The molecule has 1 atom stereocenters. The molecule has 1 aliphatic heterocycles. The Labute approximate surface area is 104 Å². The minimum Gasteiger partial charge on any atom is -0.444 e. The zero-order valence-electron chi connectivity index (χ0n) is 11.2. The van der Waals surface area contributed by atoms with Gasteiger partial charge >= 0.3 is 6.09 Å². The van der Waals surface area contributed by atoms with Crippen LogP contribution in [0.5, 0.6) is 0 Å². The lowest BCUT2D eigenvalue weighted by atomic mass is 10.1. The van der Waals surface area contributed by atoms with Crippen molar-refractivity contribution < 1.29 is 9.53 Å². The first-order valence-corrected chi connectivity index (χ1v) is 6.68. The number of hydrogen-bond donors (Lipinski definition) is 1. The summed E-state index contributed by atoms with van der Waals surface area (Å²) in [5, 5.41) is 3.42. The van der Waals surface area contributed by atoms with Gasteiger partial charge in [0, 0.05) is 13.1 Å². The second-order valence-electron chi connectivity index (χ2n) is 6.14. The molecule has 2 aliphatic rings. The summed E-state index contributed by atoms with van der Waals surface area (Å²) in [6.45, 7) is 8.52. The van der Waals surface area contributed by atoms with Crippen molar-refractivity contribution in [3.05, 3.63) is 0 Å². The van der Waals surface area contributed by atoms with Crippen LogP contribution in [0.2, 0.25) is 0 Å². The summed E-state index contributed by atoms with van der Waals surface area (Å²) in [7, 11) is 0. The Bertz CT molecular complexity index is 282. The number of ether oxygens (including phenoxy) is 1. The molecule has 98 valence electrons. The van der Waals surface area contributed by atoms with Crippen molar-refractivity contribution in [1.29, 1.82) is 0 Å². The van der Waals surface area contributed by atoms with Crippen LogP contribution in [0.3, 0.4) is 0 Å². The molecule has 1 saturated heterocycles. The second kappa shape index (κ2) is 4.84. The van der Waals surface area contributed by atoms with E-state index in [1.54, 1.807) is 0 Å². The predicted octanol–water partition coefficient (Wildman–Crippen LogP) is 2.00. The van der Waals surface area contributed by atoms with Gasteiger partial charge in [-0.05, 0) is 52.5 Å². The van der Waals surface area contributed by atoms with E-state index in [0.717, 1.165) is 26.1 Å². The van der Waals surface area contributed by atoms with Gasteiger partial charge < -0.3 is 15.0 Å². The largest absolute Gasteiger partial charge is 0.444 e. The second-order valence-corrected chi connectivity index (χ2v) is 6.14. The molecule has 0 aromatic carbocycles. The quantitative estimate of drug-likeness (QED) is 0.762. The standard InChI is InChI=1S/C13H24N2O2/c1-13(2,3)17-12(16)15-8-4-7-14-9-11(15)10-5-6-10/h10-11,14H,4-9H2,1-3H3. The van der Waals surface area contributed by atoms with Gasteiger partial charge in [-0.2, -0.15) is 0 Å². The Morgan fingerprint density at radius 1 is 1.35 bits per heavy atom. The van der Waals surface area contributed by atoms with Crippen LogP contribution < -0.4 is 5.32 Å². The summed E-state index contributed by atoms with van der Waals surface area (Å²) in [6.07, 6.45) is 3.39. The van der Waals surface area contributed by atoms with Crippen LogP contribution in [-0.4, -0.2) is 42.3 Å². The van der Waals surface area contributed by atoms with E-state index in [2.05, 4.69) is 5.32 Å². The summed E-state index contributed by atoms with van der Waals surface area (Å²) < 4.78 is 5.50. The Morgan fingerprint density at radius 2 is 2.06 bits per heavy atom. The van der Waals surface area contributed by atoms with Crippen LogP contribution in [-0.2, 0) is 4.74 Å². The maximum Gasteiger partial charge on any atom is 0.410 e. The lowest BCUT2D eigenvalue weighted by Gasteiger charge is -2.32. The normalized spacial score (nSPS) is 26.5. The molecule has 1 saturated carbocycles. The molecule has 0 aromatic rings. The molecular weight excluding hydrogens is 216 g/mol. The molecular formula is C13H24N2O2. The summed E-state index contributed by atoms with van der Waals surface area (Å²) >= 11 is 0. The highest BCUT2D eigenvalue weighted by Gasteiger charge is 2.39. The molecule has 17 heavy (non-hydrogen) atoms. The van der Waals surface area contributed by atoms with Gasteiger partial charge in [0.25, 0.3) is 0 Å². The highest BCUT2D eigenvalue weighted by Crippen LogP contribution is 2.36. The predicted molar refractivity (Wildman–Crippen MR) is 66.9 cm³/mol. The molecule has 2 fully saturated rings. The molecule has 4 nitrogen and oxygen atoms in total.